The van der Waals surface area contributed by atoms with Crippen LogP contribution in [0.2, 0.25) is 0 Å². The van der Waals surface area contributed by atoms with E-state index in [-0.39, 0.29) is 23.9 Å². The minimum Gasteiger partial charge on any atom is -0.326 e. The Morgan fingerprint density at radius 2 is 1.85 bits per heavy atom. The predicted molar refractivity (Wildman–Crippen MR) is 122 cm³/mol. The molecule has 0 atom stereocenters. The molecule has 3 aromatic rings. The SMILES string of the molecule is Cc1cnn(Cc2cc(F)ccc2F)c1NC(=O)c1cccc(NC(=O)C2CCCCC2)c1. The van der Waals surface area contributed by atoms with Crippen molar-refractivity contribution in [2.75, 3.05) is 10.6 Å². The summed E-state index contributed by atoms with van der Waals surface area (Å²) in [5.41, 5.74) is 1.73. The number of halogens is 2. The Bertz CT molecular complexity index is 1170. The molecular formula is C25H26F2N4O2. The number of carbonyl (C=O) groups is 2. The normalized spacial score (nSPS) is 14.2. The summed E-state index contributed by atoms with van der Waals surface area (Å²) in [5.74, 6) is -1.11. The third-order valence-electron chi connectivity index (χ3n) is 5.95. The number of carbonyl (C=O) groups excluding carboxylic acids is 2. The largest absolute Gasteiger partial charge is 0.326 e. The van der Waals surface area contributed by atoms with Crippen LogP contribution in [0.5, 0.6) is 0 Å². The van der Waals surface area contributed by atoms with Crippen molar-refractivity contribution < 1.29 is 18.4 Å². The third kappa shape index (κ3) is 5.45. The summed E-state index contributed by atoms with van der Waals surface area (Å²) in [4.78, 5) is 25.5. The standard InChI is InChI=1S/C25H26F2N4O2/c1-16-14-28-31(15-19-12-20(26)10-11-22(19)27)23(16)30-25(33)18-8-5-9-21(13-18)29-24(32)17-6-3-2-4-7-17/h5,8-14,17H,2-4,6-7,15H2,1H3,(H,29,32)(H,30,33). The first-order valence-corrected chi connectivity index (χ1v) is 11.1. The molecule has 2 aromatic carbocycles. The van der Waals surface area contributed by atoms with E-state index >= 15 is 0 Å². The molecule has 1 aromatic heterocycles. The fourth-order valence-corrected chi connectivity index (χ4v) is 4.11. The van der Waals surface area contributed by atoms with E-state index in [1.807, 2.05) is 0 Å². The van der Waals surface area contributed by atoms with Crippen LogP contribution in [-0.2, 0) is 11.3 Å². The first-order chi connectivity index (χ1) is 15.9. The molecule has 6 nitrogen and oxygen atoms in total. The van der Waals surface area contributed by atoms with Gasteiger partial charge in [-0.05, 0) is 56.2 Å². The van der Waals surface area contributed by atoms with Crippen LogP contribution >= 0.6 is 0 Å². The fraction of sp³-hybridized carbons (Fsp3) is 0.320. The lowest BCUT2D eigenvalue weighted by atomic mass is 9.88. The zero-order chi connectivity index (χ0) is 23.4. The Hall–Kier alpha value is -3.55. The molecule has 1 saturated carbocycles. The minimum absolute atomic E-state index is 0.0106. The van der Waals surface area contributed by atoms with Gasteiger partial charge in [0.2, 0.25) is 5.91 Å². The molecule has 172 valence electrons. The van der Waals surface area contributed by atoms with Crippen molar-refractivity contribution in [3.63, 3.8) is 0 Å². The van der Waals surface area contributed by atoms with E-state index in [0.717, 1.165) is 43.9 Å². The highest BCUT2D eigenvalue weighted by Gasteiger charge is 2.21. The molecule has 2 N–H and O–H groups in total. The smallest absolute Gasteiger partial charge is 0.256 e. The van der Waals surface area contributed by atoms with Gasteiger partial charge in [-0.25, -0.2) is 13.5 Å². The summed E-state index contributed by atoms with van der Waals surface area (Å²) in [7, 11) is 0. The first-order valence-electron chi connectivity index (χ1n) is 11.1. The summed E-state index contributed by atoms with van der Waals surface area (Å²) in [6.45, 7) is 1.73. The fourth-order valence-electron chi connectivity index (χ4n) is 4.11. The maximum Gasteiger partial charge on any atom is 0.256 e. The Kier molecular flexibility index (Phi) is 6.82. The predicted octanol–water partition coefficient (Wildman–Crippen LogP) is 5.29. The topological polar surface area (TPSA) is 76.0 Å². The lowest BCUT2D eigenvalue weighted by Gasteiger charge is -2.20. The molecule has 33 heavy (non-hydrogen) atoms. The van der Waals surface area contributed by atoms with Gasteiger partial charge in [0.05, 0.1) is 12.7 Å². The van der Waals surface area contributed by atoms with E-state index < -0.39 is 17.5 Å². The number of aryl methyl sites for hydroxylation is 1. The van der Waals surface area contributed by atoms with Gasteiger partial charge < -0.3 is 10.6 Å². The van der Waals surface area contributed by atoms with Crippen LogP contribution in [0.3, 0.4) is 0 Å². The van der Waals surface area contributed by atoms with E-state index in [1.165, 1.54) is 11.1 Å². The number of anilines is 2. The molecule has 0 aliphatic heterocycles. The Morgan fingerprint density at radius 1 is 1.06 bits per heavy atom. The number of amides is 2. The number of hydrogen-bond donors (Lipinski definition) is 2. The van der Waals surface area contributed by atoms with Crippen molar-refractivity contribution >= 4 is 23.3 Å². The van der Waals surface area contributed by atoms with Crippen molar-refractivity contribution in [2.24, 2.45) is 5.92 Å². The van der Waals surface area contributed by atoms with E-state index in [4.69, 9.17) is 0 Å². The summed E-state index contributed by atoms with van der Waals surface area (Å²) < 4.78 is 29.0. The van der Waals surface area contributed by atoms with Crippen LogP contribution in [0.15, 0.2) is 48.7 Å². The van der Waals surface area contributed by atoms with Crippen molar-refractivity contribution in [1.29, 1.82) is 0 Å². The molecule has 0 saturated heterocycles. The summed E-state index contributed by atoms with van der Waals surface area (Å²) in [6, 6.07) is 9.95. The van der Waals surface area contributed by atoms with Crippen LogP contribution in [0, 0.1) is 24.5 Å². The Morgan fingerprint density at radius 3 is 2.64 bits per heavy atom. The first kappa shape index (κ1) is 22.6. The quantitative estimate of drug-likeness (QED) is 0.534. The van der Waals surface area contributed by atoms with Crippen LogP contribution in [0.1, 0.15) is 53.6 Å². The summed E-state index contributed by atoms with van der Waals surface area (Å²) >= 11 is 0. The van der Waals surface area contributed by atoms with Gasteiger partial charge in [-0.2, -0.15) is 5.10 Å². The van der Waals surface area contributed by atoms with E-state index in [2.05, 4.69) is 15.7 Å². The van der Waals surface area contributed by atoms with Gasteiger partial charge >= 0.3 is 0 Å². The van der Waals surface area contributed by atoms with Crippen molar-refractivity contribution in [3.05, 3.63) is 77.0 Å². The Balaban J connectivity index is 1.47. The molecule has 0 spiro atoms. The number of benzene rings is 2. The zero-order valence-electron chi connectivity index (χ0n) is 18.4. The number of aromatic nitrogens is 2. The minimum atomic E-state index is -0.553. The molecule has 8 heteroatoms. The third-order valence-corrected chi connectivity index (χ3v) is 5.95. The molecule has 1 aliphatic rings. The lowest BCUT2D eigenvalue weighted by Crippen LogP contribution is -2.25. The van der Waals surface area contributed by atoms with Gasteiger partial charge in [0, 0.05) is 28.3 Å². The molecule has 0 radical (unpaired) electrons. The van der Waals surface area contributed by atoms with Crippen molar-refractivity contribution in [1.82, 2.24) is 9.78 Å². The monoisotopic (exact) mass is 452 g/mol. The second-order valence-corrected chi connectivity index (χ2v) is 8.43. The van der Waals surface area contributed by atoms with Gasteiger partial charge in [-0.3, -0.25) is 9.59 Å². The Labute approximate surface area is 191 Å². The van der Waals surface area contributed by atoms with E-state index in [1.54, 1.807) is 37.4 Å². The summed E-state index contributed by atoms with van der Waals surface area (Å²) in [6.07, 6.45) is 6.62. The molecule has 2 amide bonds. The maximum atomic E-state index is 14.1. The van der Waals surface area contributed by atoms with Gasteiger partial charge in [-0.15, -0.1) is 0 Å². The highest BCUT2D eigenvalue weighted by atomic mass is 19.1. The average molecular weight is 453 g/mol. The summed E-state index contributed by atoms with van der Waals surface area (Å²) in [5, 5.41) is 9.92. The highest BCUT2D eigenvalue weighted by Crippen LogP contribution is 2.25. The van der Waals surface area contributed by atoms with Gasteiger partial charge in [-0.1, -0.05) is 25.3 Å². The number of rotatable bonds is 6. The molecule has 1 fully saturated rings. The van der Waals surface area contributed by atoms with Crippen molar-refractivity contribution in [3.8, 4) is 0 Å². The molecular weight excluding hydrogens is 426 g/mol. The second kappa shape index (κ2) is 9.94. The maximum absolute atomic E-state index is 14.1. The lowest BCUT2D eigenvalue weighted by molar-refractivity contribution is -0.120. The van der Waals surface area contributed by atoms with E-state index in [0.29, 0.717) is 22.6 Å². The van der Waals surface area contributed by atoms with Crippen molar-refractivity contribution in [2.45, 2.75) is 45.6 Å². The highest BCUT2D eigenvalue weighted by molar-refractivity contribution is 6.05. The molecule has 0 unspecified atom stereocenters. The van der Waals surface area contributed by atoms with E-state index in [9.17, 15) is 18.4 Å². The molecule has 0 bridgehead atoms. The second-order valence-electron chi connectivity index (χ2n) is 8.43. The van der Waals surface area contributed by atoms with Crippen LogP contribution in [-0.4, -0.2) is 21.6 Å². The zero-order valence-corrected chi connectivity index (χ0v) is 18.4. The van der Waals surface area contributed by atoms with Crippen LogP contribution in [0.4, 0.5) is 20.3 Å². The van der Waals surface area contributed by atoms with Crippen LogP contribution < -0.4 is 10.6 Å². The number of nitrogens with one attached hydrogen (secondary N) is 2. The van der Waals surface area contributed by atoms with Crippen LogP contribution in [0.25, 0.3) is 0 Å². The average Bonchev–Trinajstić information content (AvgIpc) is 3.16. The number of nitrogens with zero attached hydrogens (tertiary/aromatic N) is 2. The van der Waals surface area contributed by atoms with Gasteiger partial charge in [0.25, 0.3) is 5.91 Å². The molecule has 4 rings (SSSR count). The number of hydrogen-bond acceptors (Lipinski definition) is 3. The molecule has 1 heterocycles. The van der Waals surface area contributed by atoms with Gasteiger partial charge in [0.15, 0.2) is 0 Å². The van der Waals surface area contributed by atoms with Gasteiger partial charge in [0.1, 0.15) is 17.5 Å². The molecule has 1 aliphatic carbocycles.